The third kappa shape index (κ3) is 3.06. The Morgan fingerprint density at radius 2 is 2.11 bits per heavy atom. The summed E-state index contributed by atoms with van der Waals surface area (Å²) >= 11 is 0. The van der Waals surface area contributed by atoms with E-state index >= 15 is 0 Å². The lowest BCUT2D eigenvalue weighted by Gasteiger charge is -2.42. The van der Waals surface area contributed by atoms with Crippen LogP contribution in [-0.2, 0) is 12.8 Å². The van der Waals surface area contributed by atoms with Gasteiger partial charge in [-0.2, -0.15) is 5.10 Å². The van der Waals surface area contributed by atoms with Gasteiger partial charge in [-0.15, -0.1) is 0 Å². The molecule has 1 fully saturated rings. The average Bonchev–Trinajstić information content (AvgIpc) is 3.20. The average molecular weight is 370 g/mol. The highest BCUT2D eigenvalue weighted by atomic mass is 19.1. The van der Waals surface area contributed by atoms with E-state index < -0.39 is 0 Å². The molecule has 2 heterocycles. The molecule has 1 aliphatic heterocycles. The molecule has 1 saturated heterocycles. The first-order valence-corrected chi connectivity index (χ1v) is 9.70. The highest BCUT2D eigenvalue weighted by molar-refractivity contribution is 5.94. The van der Waals surface area contributed by atoms with E-state index in [0.717, 1.165) is 42.5 Å². The van der Waals surface area contributed by atoms with E-state index in [1.165, 1.54) is 6.07 Å². The number of aromatic nitrogens is 2. The second kappa shape index (κ2) is 6.44. The molecular weight excluding hydrogens is 343 g/mol. The largest absolute Gasteiger partial charge is 0.337 e. The Kier molecular flexibility index (Phi) is 4.34. The second-order valence-electron chi connectivity index (χ2n) is 8.60. The molecule has 2 aliphatic rings. The van der Waals surface area contributed by atoms with Crippen LogP contribution in [0.3, 0.4) is 0 Å². The summed E-state index contributed by atoms with van der Waals surface area (Å²) in [5.74, 6) is -0.365. The van der Waals surface area contributed by atoms with Crippen molar-refractivity contribution in [1.29, 1.82) is 0 Å². The SMILES string of the molecule is Cc1ccc(-n2nc(C(=O)N3CCC(N)C(C)(C)C3)c3c2CCC3)c(F)c1. The Morgan fingerprint density at radius 3 is 2.81 bits per heavy atom. The molecule has 6 heteroatoms. The van der Waals surface area contributed by atoms with E-state index in [0.29, 0.717) is 24.5 Å². The number of carbonyl (C=O) groups is 1. The maximum Gasteiger partial charge on any atom is 0.274 e. The van der Waals surface area contributed by atoms with Gasteiger partial charge in [-0.25, -0.2) is 9.07 Å². The molecule has 0 spiro atoms. The fourth-order valence-corrected chi connectivity index (χ4v) is 4.29. The van der Waals surface area contributed by atoms with Crippen LogP contribution in [0.1, 0.15) is 54.0 Å². The maximum atomic E-state index is 14.5. The molecule has 1 aliphatic carbocycles. The number of hydrogen-bond acceptors (Lipinski definition) is 3. The minimum Gasteiger partial charge on any atom is -0.337 e. The number of aryl methyl sites for hydroxylation is 1. The van der Waals surface area contributed by atoms with Crippen LogP contribution in [0.25, 0.3) is 5.69 Å². The van der Waals surface area contributed by atoms with E-state index in [2.05, 4.69) is 18.9 Å². The van der Waals surface area contributed by atoms with E-state index in [1.807, 2.05) is 17.9 Å². The van der Waals surface area contributed by atoms with Crippen molar-refractivity contribution in [3.05, 3.63) is 46.5 Å². The number of fused-ring (bicyclic) bond motifs is 1. The summed E-state index contributed by atoms with van der Waals surface area (Å²) in [6.07, 6.45) is 3.39. The zero-order chi connectivity index (χ0) is 19.3. The lowest BCUT2D eigenvalue weighted by atomic mass is 9.79. The molecule has 0 radical (unpaired) electrons. The van der Waals surface area contributed by atoms with Crippen molar-refractivity contribution in [3.8, 4) is 5.69 Å². The lowest BCUT2D eigenvalue weighted by Crippen LogP contribution is -2.54. The van der Waals surface area contributed by atoms with Crippen molar-refractivity contribution >= 4 is 5.91 Å². The smallest absolute Gasteiger partial charge is 0.274 e. The molecule has 27 heavy (non-hydrogen) atoms. The Balaban J connectivity index is 1.71. The minimum absolute atomic E-state index is 0.0561. The predicted molar refractivity (Wildman–Crippen MR) is 103 cm³/mol. The third-order valence-corrected chi connectivity index (χ3v) is 6.06. The number of nitrogens with two attached hydrogens (primary N) is 1. The molecular formula is C21H27FN4O. The van der Waals surface area contributed by atoms with Gasteiger partial charge in [-0.3, -0.25) is 4.79 Å². The number of amides is 1. The zero-order valence-electron chi connectivity index (χ0n) is 16.3. The van der Waals surface area contributed by atoms with Gasteiger partial charge in [0.25, 0.3) is 5.91 Å². The summed E-state index contributed by atoms with van der Waals surface area (Å²) in [5.41, 5.74) is 9.80. The summed E-state index contributed by atoms with van der Waals surface area (Å²) in [6.45, 7) is 7.32. The molecule has 1 aromatic carbocycles. The Hall–Kier alpha value is -2.21. The first-order valence-electron chi connectivity index (χ1n) is 9.70. The number of hydrogen-bond donors (Lipinski definition) is 1. The minimum atomic E-state index is -0.309. The van der Waals surface area contributed by atoms with E-state index in [-0.39, 0.29) is 23.2 Å². The number of benzene rings is 1. The van der Waals surface area contributed by atoms with Gasteiger partial charge in [0.2, 0.25) is 0 Å². The normalized spacial score (nSPS) is 21.4. The zero-order valence-corrected chi connectivity index (χ0v) is 16.3. The van der Waals surface area contributed by atoms with Crippen LogP contribution in [0, 0.1) is 18.2 Å². The fourth-order valence-electron chi connectivity index (χ4n) is 4.29. The van der Waals surface area contributed by atoms with Crippen molar-refractivity contribution in [1.82, 2.24) is 14.7 Å². The summed E-state index contributed by atoms with van der Waals surface area (Å²) in [7, 11) is 0. The topological polar surface area (TPSA) is 64.2 Å². The Morgan fingerprint density at radius 1 is 1.33 bits per heavy atom. The fraction of sp³-hybridized carbons (Fsp3) is 0.524. The second-order valence-corrected chi connectivity index (χ2v) is 8.60. The molecule has 0 saturated carbocycles. The summed E-state index contributed by atoms with van der Waals surface area (Å²) in [5, 5.41) is 4.59. The van der Waals surface area contributed by atoms with Crippen molar-refractivity contribution < 1.29 is 9.18 Å². The molecule has 144 valence electrons. The van der Waals surface area contributed by atoms with Gasteiger partial charge >= 0.3 is 0 Å². The highest BCUT2D eigenvalue weighted by Crippen LogP contribution is 2.32. The van der Waals surface area contributed by atoms with E-state index in [1.54, 1.807) is 10.7 Å². The highest BCUT2D eigenvalue weighted by Gasteiger charge is 2.38. The van der Waals surface area contributed by atoms with Gasteiger partial charge in [-0.1, -0.05) is 19.9 Å². The van der Waals surface area contributed by atoms with Crippen LogP contribution in [0.5, 0.6) is 0 Å². The molecule has 1 amide bonds. The molecule has 1 aromatic heterocycles. The molecule has 4 rings (SSSR count). The van der Waals surface area contributed by atoms with Crippen LogP contribution in [0.2, 0.25) is 0 Å². The van der Waals surface area contributed by atoms with Gasteiger partial charge in [0.1, 0.15) is 11.5 Å². The van der Waals surface area contributed by atoms with Crippen LogP contribution >= 0.6 is 0 Å². The molecule has 0 bridgehead atoms. The van der Waals surface area contributed by atoms with Gasteiger partial charge in [0.15, 0.2) is 5.69 Å². The van der Waals surface area contributed by atoms with E-state index in [9.17, 15) is 9.18 Å². The van der Waals surface area contributed by atoms with Gasteiger partial charge < -0.3 is 10.6 Å². The number of rotatable bonds is 2. The molecule has 5 nitrogen and oxygen atoms in total. The van der Waals surface area contributed by atoms with Crippen LogP contribution in [-0.4, -0.2) is 39.7 Å². The molecule has 1 atom stereocenters. The summed E-state index contributed by atoms with van der Waals surface area (Å²) < 4.78 is 16.2. The Labute approximate surface area is 159 Å². The maximum absolute atomic E-state index is 14.5. The third-order valence-electron chi connectivity index (χ3n) is 6.06. The van der Waals surface area contributed by atoms with Crippen molar-refractivity contribution in [2.24, 2.45) is 11.1 Å². The summed E-state index contributed by atoms with van der Waals surface area (Å²) in [4.78, 5) is 15.1. The lowest BCUT2D eigenvalue weighted by molar-refractivity contribution is 0.0526. The molecule has 2 N–H and O–H groups in total. The number of likely N-dealkylation sites (tertiary alicyclic amines) is 1. The van der Waals surface area contributed by atoms with Crippen molar-refractivity contribution in [2.75, 3.05) is 13.1 Å². The van der Waals surface area contributed by atoms with Gasteiger partial charge in [0.05, 0.1) is 0 Å². The standard InChI is InChI=1S/C21H27FN4O/c1-13-7-8-17(15(22)11-13)26-16-6-4-5-14(16)19(24-26)20(27)25-10-9-18(23)21(2,3)12-25/h7-8,11,18H,4-6,9-10,12,23H2,1-3H3. The van der Waals surface area contributed by atoms with Crippen LogP contribution < -0.4 is 5.73 Å². The first-order chi connectivity index (χ1) is 12.8. The van der Waals surface area contributed by atoms with Crippen LogP contribution in [0.4, 0.5) is 4.39 Å². The number of carbonyl (C=O) groups excluding carboxylic acids is 1. The monoisotopic (exact) mass is 370 g/mol. The quantitative estimate of drug-likeness (QED) is 0.884. The van der Waals surface area contributed by atoms with Crippen molar-refractivity contribution in [3.63, 3.8) is 0 Å². The van der Waals surface area contributed by atoms with Gasteiger partial charge in [0, 0.05) is 30.4 Å². The van der Waals surface area contributed by atoms with E-state index in [4.69, 9.17) is 5.73 Å². The van der Waals surface area contributed by atoms with Crippen LogP contribution in [0.15, 0.2) is 18.2 Å². The molecule has 2 aromatic rings. The number of nitrogens with zero attached hydrogens (tertiary/aromatic N) is 3. The number of piperidine rings is 1. The summed E-state index contributed by atoms with van der Waals surface area (Å²) in [6, 6.07) is 5.21. The Bertz CT molecular complexity index is 902. The van der Waals surface area contributed by atoms with Gasteiger partial charge in [-0.05, 0) is 55.7 Å². The number of halogens is 1. The predicted octanol–water partition coefficient (Wildman–Crippen LogP) is 3.01. The molecule has 1 unspecified atom stereocenters. The first kappa shape index (κ1) is 18.2. The van der Waals surface area contributed by atoms with Crippen molar-refractivity contribution in [2.45, 2.75) is 52.5 Å².